The Labute approximate surface area is 146 Å². The highest BCUT2D eigenvalue weighted by Crippen LogP contribution is 2.19. The fraction of sp³-hybridized carbons (Fsp3) is 0.444. The van der Waals surface area contributed by atoms with Crippen molar-refractivity contribution in [3.05, 3.63) is 35.8 Å². The maximum atomic E-state index is 13.4. The number of nitrogens with zero attached hydrogens (tertiary/aromatic N) is 1. The van der Waals surface area contributed by atoms with Gasteiger partial charge < -0.3 is 20.4 Å². The van der Waals surface area contributed by atoms with Gasteiger partial charge in [0.1, 0.15) is 5.82 Å². The molecule has 0 amide bonds. The summed E-state index contributed by atoms with van der Waals surface area (Å²) in [6, 6.07) is 4.71. The molecule has 1 heterocycles. The van der Waals surface area contributed by atoms with Crippen molar-refractivity contribution in [1.82, 2.24) is 15.6 Å². The summed E-state index contributed by atoms with van der Waals surface area (Å²) >= 11 is 0. The summed E-state index contributed by atoms with van der Waals surface area (Å²) in [5, 5.41) is 7.14. The lowest BCUT2D eigenvalue weighted by atomic mass is 10.1. The standard InChI is InChI=1S/C18H25FN4O2/c1-12(2)25-17(24)7-9-22-18(20-3)21-8-6-13-11-23-16-5-4-14(19)10-15(13)16/h4-5,10-12,23H,6-9H2,1-3H3,(H2,20,21,22). The van der Waals surface area contributed by atoms with E-state index in [2.05, 4.69) is 20.6 Å². The maximum Gasteiger partial charge on any atom is 0.307 e. The van der Waals surface area contributed by atoms with E-state index in [9.17, 15) is 9.18 Å². The van der Waals surface area contributed by atoms with Crippen LogP contribution in [0.15, 0.2) is 29.4 Å². The molecular formula is C18H25FN4O2. The van der Waals surface area contributed by atoms with Gasteiger partial charge in [0.25, 0.3) is 0 Å². The van der Waals surface area contributed by atoms with Crippen LogP contribution in [0.1, 0.15) is 25.8 Å². The number of aromatic amines is 1. The lowest BCUT2D eigenvalue weighted by molar-refractivity contribution is -0.147. The smallest absolute Gasteiger partial charge is 0.307 e. The van der Waals surface area contributed by atoms with Crippen LogP contribution in [-0.2, 0) is 16.0 Å². The summed E-state index contributed by atoms with van der Waals surface area (Å²) in [5.41, 5.74) is 1.96. The van der Waals surface area contributed by atoms with E-state index < -0.39 is 0 Å². The summed E-state index contributed by atoms with van der Waals surface area (Å²) in [7, 11) is 1.67. The highest BCUT2D eigenvalue weighted by Gasteiger charge is 2.07. The average molecular weight is 348 g/mol. The van der Waals surface area contributed by atoms with Crippen LogP contribution in [0.2, 0.25) is 0 Å². The molecule has 7 heteroatoms. The summed E-state index contributed by atoms with van der Waals surface area (Å²) in [4.78, 5) is 18.7. The summed E-state index contributed by atoms with van der Waals surface area (Å²) in [5.74, 6) is 0.134. The number of hydrogen-bond acceptors (Lipinski definition) is 3. The van der Waals surface area contributed by atoms with Crippen molar-refractivity contribution < 1.29 is 13.9 Å². The van der Waals surface area contributed by atoms with Gasteiger partial charge in [-0.3, -0.25) is 9.79 Å². The van der Waals surface area contributed by atoms with Crippen molar-refractivity contribution in [2.75, 3.05) is 20.1 Å². The van der Waals surface area contributed by atoms with Crippen LogP contribution in [0, 0.1) is 5.82 Å². The molecule has 0 unspecified atom stereocenters. The second-order valence-corrected chi connectivity index (χ2v) is 5.97. The average Bonchev–Trinajstić information content (AvgIpc) is 2.95. The molecule has 0 bridgehead atoms. The normalized spacial score (nSPS) is 11.8. The molecule has 25 heavy (non-hydrogen) atoms. The van der Waals surface area contributed by atoms with E-state index in [0.29, 0.717) is 19.0 Å². The molecule has 0 atom stereocenters. The molecule has 3 N–H and O–H groups in total. The van der Waals surface area contributed by atoms with Crippen molar-refractivity contribution >= 4 is 22.8 Å². The number of carbonyl (C=O) groups excluding carboxylic acids is 1. The lowest BCUT2D eigenvalue weighted by Gasteiger charge is -2.12. The lowest BCUT2D eigenvalue weighted by Crippen LogP contribution is -2.39. The summed E-state index contributed by atoms with van der Waals surface area (Å²) in [6.45, 7) is 4.73. The molecular weight excluding hydrogens is 323 g/mol. The van der Waals surface area contributed by atoms with E-state index in [1.165, 1.54) is 12.1 Å². The van der Waals surface area contributed by atoms with Crippen LogP contribution in [0.3, 0.4) is 0 Å². The van der Waals surface area contributed by atoms with Crippen LogP contribution in [-0.4, -0.2) is 43.2 Å². The molecule has 1 aromatic heterocycles. The number of nitrogens with one attached hydrogen (secondary N) is 3. The molecule has 0 saturated carbocycles. The van der Waals surface area contributed by atoms with Crippen molar-refractivity contribution in [2.45, 2.75) is 32.8 Å². The Balaban J connectivity index is 1.77. The minimum atomic E-state index is -0.243. The Morgan fingerprint density at radius 3 is 2.80 bits per heavy atom. The fourth-order valence-electron chi connectivity index (χ4n) is 2.50. The van der Waals surface area contributed by atoms with Gasteiger partial charge in [-0.05, 0) is 44.0 Å². The number of hydrogen-bond donors (Lipinski definition) is 3. The van der Waals surface area contributed by atoms with Crippen molar-refractivity contribution in [3.63, 3.8) is 0 Å². The number of rotatable bonds is 7. The van der Waals surface area contributed by atoms with Gasteiger partial charge in [0.2, 0.25) is 0 Å². The molecule has 136 valence electrons. The molecule has 0 aliphatic heterocycles. The monoisotopic (exact) mass is 348 g/mol. The van der Waals surface area contributed by atoms with Crippen LogP contribution < -0.4 is 10.6 Å². The third-order valence-electron chi connectivity index (χ3n) is 3.63. The molecule has 0 radical (unpaired) electrons. The zero-order valence-electron chi connectivity index (χ0n) is 14.9. The third-order valence-corrected chi connectivity index (χ3v) is 3.63. The highest BCUT2D eigenvalue weighted by atomic mass is 19.1. The maximum absolute atomic E-state index is 13.4. The largest absolute Gasteiger partial charge is 0.463 e. The van der Waals surface area contributed by atoms with E-state index in [4.69, 9.17) is 4.74 Å². The number of fused-ring (bicyclic) bond motifs is 1. The zero-order valence-corrected chi connectivity index (χ0v) is 14.9. The molecule has 2 rings (SSSR count). The fourth-order valence-corrected chi connectivity index (χ4v) is 2.50. The Bertz CT molecular complexity index is 740. The molecule has 0 fully saturated rings. The van der Waals surface area contributed by atoms with Gasteiger partial charge in [-0.25, -0.2) is 4.39 Å². The Kier molecular flexibility index (Phi) is 6.80. The van der Waals surface area contributed by atoms with E-state index in [1.807, 2.05) is 20.0 Å². The Morgan fingerprint density at radius 1 is 1.32 bits per heavy atom. The van der Waals surface area contributed by atoms with Gasteiger partial charge in [0, 0.05) is 37.2 Å². The molecule has 1 aromatic carbocycles. The number of guanidine groups is 1. The first-order valence-electron chi connectivity index (χ1n) is 8.39. The predicted molar refractivity (Wildman–Crippen MR) is 97.2 cm³/mol. The van der Waals surface area contributed by atoms with Crippen LogP contribution in [0.25, 0.3) is 10.9 Å². The van der Waals surface area contributed by atoms with Crippen molar-refractivity contribution in [3.8, 4) is 0 Å². The summed E-state index contributed by atoms with van der Waals surface area (Å²) in [6.07, 6.45) is 2.79. The Hall–Kier alpha value is -2.57. The number of aliphatic imine (C=N–C) groups is 1. The second kappa shape index (κ2) is 9.05. The highest BCUT2D eigenvalue weighted by molar-refractivity contribution is 5.83. The van der Waals surface area contributed by atoms with Crippen molar-refractivity contribution in [1.29, 1.82) is 0 Å². The quantitative estimate of drug-likeness (QED) is 0.408. The topological polar surface area (TPSA) is 78.5 Å². The predicted octanol–water partition coefficient (Wildman–Crippen LogP) is 2.36. The third kappa shape index (κ3) is 5.77. The van der Waals surface area contributed by atoms with Gasteiger partial charge >= 0.3 is 5.97 Å². The van der Waals surface area contributed by atoms with Crippen molar-refractivity contribution in [2.24, 2.45) is 4.99 Å². The molecule has 6 nitrogen and oxygen atoms in total. The van der Waals surface area contributed by atoms with Gasteiger partial charge in [-0.2, -0.15) is 0 Å². The first kappa shape index (κ1) is 18.8. The number of halogens is 1. The molecule has 2 aromatic rings. The van der Waals surface area contributed by atoms with E-state index in [1.54, 1.807) is 13.1 Å². The van der Waals surface area contributed by atoms with Gasteiger partial charge in [-0.1, -0.05) is 0 Å². The first-order valence-corrected chi connectivity index (χ1v) is 8.39. The van der Waals surface area contributed by atoms with Gasteiger partial charge in [-0.15, -0.1) is 0 Å². The molecule has 0 saturated heterocycles. The number of esters is 1. The SMILES string of the molecule is CN=C(NCCC(=O)OC(C)C)NCCc1c[nH]c2ccc(F)cc12. The van der Waals surface area contributed by atoms with Gasteiger partial charge in [0.05, 0.1) is 12.5 Å². The molecule has 0 spiro atoms. The molecule has 0 aliphatic rings. The number of benzene rings is 1. The minimum Gasteiger partial charge on any atom is -0.463 e. The van der Waals surface area contributed by atoms with Crippen LogP contribution >= 0.6 is 0 Å². The number of ether oxygens (including phenoxy) is 1. The van der Waals surface area contributed by atoms with E-state index >= 15 is 0 Å². The number of H-pyrrole nitrogens is 1. The minimum absolute atomic E-state index is 0.106. The van der Waals surface area contributed by atoms with E-state index in [-0.39, 0.29) is 24.3 Å². The number of aromatic nitrogens is 1. The zero-order chi connectivity index (χ0) is 18.2. The summed E-state index contributed by atoms with van der Waals surface area (Å²) < 4.78 is 18.5. The number of carbonyl (C=O) groups is 1. The molecule has 0 aliphatic carbocycles. The first-order chi connectivity index (χ1) is 12.0. The second-order valence-electron chi connectivity index (χ2n) is 5.97. The van der Waals surface area contributed by atoms with E-state index in [0.717, 1.165) is 22.9 Å². The van der Waals surface area contributed by atoms with Gasteiger partial charge in [0.15, 0.2) is 5.96 Å². The Morgan fingerprint density at radius 2 is 2.08 bits per heavy atom. The van der Waals surface area contributed by atoms with Crippen LogP contribution in [0.5, 0.6) is 0 Å². The van der Waals surface area contributed by atoms with Crippen LogP contribution in [0.4, 0.5) is 4.39 Å².